The Kier molecular flexibility index (Phi) is 9.13. The smallest absolute Gasteiger partial charge is 0.344 e. The number of carbonyl (C=O) groups excluding carboxylic acids is 1. The molecule has 2 atom stereocenters. The van der Waals surface area contributed by atoms with E-state index in [9.17, 15) is 14.7 Å². The van der Waals surface area contributed by atoms with E-state index in [2.05, 4.69) is 31.3 Å². The van der Waals surface area contributed by atoms with E-state index >= 15 is 0 Å². The highest BCUT2D eigenvalue weighted by Crippen LogP contribution is 2.25. The number of ether oxygens (including phenoxy) is 1. The molecule has 5 nitrogen and oxygen atoms in total. The second-order valence-corrected chi connectivity index (χ2v) is 7.51. The molecule has 2 aromatic rings. The van der Waals surface area contributed by atoms with Gasteiger partial charge in [0.2, 0.25) is 5.91 Å². The predicted octanol–water partition coefficient (Wildman–Crippen LogP) is 5.56. The second-order valence-electron chi connectivity index (χ2n) is 7.51. The zero-order valence-electron chi connectivity index (χ0n) is 17.9. The summed E-state index contributed by atoms with van der Waals surface area (Å²) in [5, 5.41) is 12.0. The number of amides is 1. The van der Waals surface area contributed by atoms with Crippen molar-refractivity contribution in [2.45, 2.75) is 52.6 Å². The Balaban J connectivity index is 2.04. The maximum absolute atomic E-state index is 12.4. The van der Waals surface area contributed by atoms with Gasteiger partial charge in [-0.15, -0.1) is 0 Å². The lowest BCUT2D eigenvalue weighted by Crippen LogP contribution is -2.26. The third-order valence-electron chi connectivity index (χ3n) is 4.80. The average molecular weight is 410 g/mol. The molecule has 1 amide bonds. The summed E-state index contributed by atoms with van der Waals surface area (Å²) in [5.41, 5.74) is 2.67. The number of hydrogen-bond acceptors (Lipinski definition) is 3. The van der Waals surface area contributed by atoms with Crippen molar-refractivity contribution in [2.75, 3.05) is 5.32 Å². The van der Waals surface area contributed by atoms with E-state index in [0.29, 0.717) is 23.8 Å². The van der Waals surface area contributed by atoms with Gasteiger partial charge in [0, 0.05) is 6.08 Å². The molecule has 30 heavy (non-hydrogen) atoms. The molecule has 5 heteroatoms. The number of hydrogen-bond donors (Lipinski definition) is 2. The van der Waals surface area contributed by atoms with E-state index in [4.69, 9.17) is 4.74 Å². The first-order valence-corrected chi connectivity index (χ1v) is 10.5. The number of benzene rings is 2. The van der Waals surface area contributed by atoms with Crippen LogP contribution in [0.15, 0.2) is 54.6 Å². The minimum atomic E-state index is -1.04. The van der Waals surface area contributed by atoms with Gasteiger partial charge >= 0.3 is 5.97 Å². The van der Waals surface area contributed by atoms with Crippen molar-refractivity contribution in [2.24, 2.45) is 5.92 Å². The Hall–Kier alpha value is -3.08. The van der Waals surface area contributed by atoms with Gasteiger partial charge in [-0.05, 0) is 48.1 Å². The minimum Gasteiger partial charge on any atom is -0.479 e. The maximum Gasteiger partial charge on any atom is 0.344 e. The van der Waals surface area contributed by atoms with Gasteiger partial charge in [-0.2, -0.15) is 0 Å². The third kappa shape index (κ3) is 7.39. The van der Waals surface area contributed by atoms with E-state index < -0.39 is 12.1 Å². The van der Waals surface area contributed by atoms with Crippen molar-refractivity contribution in [3.63, 3.8) is 0 Å². The first-order valence-electron chi connectivity index (χ1n) is 10.5. The number of rotatable bonds is 11. The van der Waals surface area contributed by atoms with E-state index in [1.165, 1.54) is 24.5 Å². The number of carboxylic acid groups (broad SMARTS) is 1. The average Bonchev–Trinajstić information content (AvgIpc) is 2.71. The first-order chi connectivity index (χ1) is 14.4. The van der Waals surface area contributed by atoms with Gasteiger partial charge in [0.25, 0.3) is 0 Å². The van der Waals surface area contributed by atoms with Crippen LogP contribution in [0.3, 0.4) is 0 Å². The van der Waals surface area contributed by atoms with Gasteiger partial charge in [-0.1, -0.05) is 70.0 Å². The lowest BCUT2D eigenvalue weighted by Gasteiger charge is -2.16. The van der Waals surface area contributed by atoms with E-state index in [-0.39, 0.29) is 5.91 Å². The van der Waals surface area contributed by atoms with Gasteiger partial charge in [0.1, 0.15) is 5.75 Å². The summed E-state index contributed by atoms with van der Waals surface area (Å²) in [6, 6.07) is 15.0. The van der Waals surface area contributed by atoms with Crippen molar-refractivity contribution in [3.05, 3.63) is 65.7 Å². The van der Waals surface area contributed by atoms with Crippen molar-refractivity contribution >= 4 is 23.6 Å². The molecule has 0 aliphatic rings. The summed E-state index contributed by atoms with van der Waals surface area (Å²) in [6.07, 6.45) is 6.01. The molecule has 0 aliphatic heterocycles. The van der Waals surface area contributed by atoms with Gasteiger partial charge < -0.3 is 15.2 Å². The maximum atomic E-state index is 12.4. The summed E-state index contributed by atoms with van der Waals surface area (Å²) in [7, 11) is 0. The van der Waals surface area contributed by atoms with Gasteiger partial charge in [-0.25, -0.2) is 4.79 Å². The van der Waals surface area contributed by atoms with Gasteiger partial charge in [0.05, 0.1) is 5.69 Å². The molecule has 2 unspecified atom stereocenters. The predicted molar refractivity (Wildman–Crippen MR) is 121 cm³/mol. The van der Waals surface area contributed by atoms with Crippen molar-refractivity contribution in [1.29, 1.82) is 0 Å². The lowest BCUT2D eigenvalue weighted by molar-refractivity contribution is -0.145. The van der Waals surface area contributed by atoms with Crippen LogP contribution in [0.25, 0.3) is 6.08 Å². The van der Waals surface area contributed by atoms with Crippen LogP contribution in [0.5, 0.6) is 5.75 Å². The molecule has 0 bridgehead atoms. The number of carbonyl (C=O) groups is 2. The summed E-state index contributed by atoms with van der Waals surface area (Å²) in [4.78, 5) is 23.6. The number of anilines is 1. The highest BCUT2D eigenvalue weighted by atomic mass is 16.5. The number of carboxylic acids is 1. The Bertz CT molecular complexity index is 875. The Morgan fingerprint density at radius 3 is 2.60 bits per heavy atom. The molecule has 0 saturated heterocycles. The van der Waals surface area contributed by atoms with Crippen LogP contribution in [0.4, 0.5) is 5.69 Å². The fourth-order valence-corrected chi connectivity index (χ4v) is 3.30. The van der Waals surface area contributed by atoms with Crippen LogP contribution < -0.4 is 10.1 Å². The molecule has 2 rings (SSSR count). The third-order valence-corrected chi connectivity index (χ3v) is 4.80. The molecular formula is C25H31NO4. The molecule has 0 radical (unpaired) electrons. The second kappa shape index (κ2) is 11.8. The SMILES string of the molecule is CCCC(C)Cc1cccc(C=CC(=O)Nc2ccccc2OC(CC)C(=O)O)c1. The van der Waals surface area contributed by atoms with Crippen LogP contribution in [-0.4, -0.2) is 23.1 Å². The largest absolute Gasteiger partial charge is 0.479 e. The molecule has 2 N–H and O–H groups in total. The zero-order valence-corrected chi connectivity index (χ0v) is 17.9. The molecule has 0 aromatic heterocycles. The van der Waals surface area contributed by atoms with Crippen molar-refractivity contribution in [3.8, 4) is 5.75 Å². The Morgan fingerprint density at radius 2 is 1.90 bits per heavy atom. The molecule has 0 heterocycles. The van der Waals surface area contributed by atoms with Gasteiger partial charge in [0.15, 0.2) is 6.10 Å². The van der Waals surface area contributed by atoms with Crippen LogP contribution >= 0.6 is 0 Å². The lowest BCUT2D eigenvalue weighted by atomic mass is 9.96. The number of nitrogens with one attached hydrogen (secondary N) is 1. The summed E-state index contributed by atoms with van der Waals surface area (Å²) in [6.45, 7) is 6.19. The highest BCUT2D eigenvalue weighted by Gasteiger charge is 2.18. The topological polar surface area (TPSA) is 75.6 Å². The monoisotopic (exact) mass is 409 g/mol. The van der Waals surface area contributed by atoms with E-state index in [0.717, 1.165) is 12.0 Å². The summed E-state index contributed by atoms with van der Waals surface area (Å²) in [5.74, 6) is -0.377. The number of para-hydroxylation sites is 2. The van der Waals surface area contributed by atoms with Crippen LogP contribution in [-0.2, 0) is 16.0 Å². The standard InChI is InChI=1S/C25H31NO4/c1-4-9-18(3)16-20-11-8-10-19(17-20)14-15-24(27)26-21-12-6-7-13-23(21)30-22(5-2)25(28)29/h6-8,10-15,17-18,22H,4-5,9,16H2,1-3H3,(H,26,27)(H,28,29). The molecule has 0 fully saturated rings. The van der Waals surface area contributed by atoms with Crippen LogP contribution in [0.1, 0.15) is 51.2 Å². The van der Waals surface area contributed by atoms with Crippen LogP contribution in [0.2, 0.25) is 0 Å². The van der Waals surface area contributed by atoms with E-state index in [1.54, 1.807) is 37.3 Å². The zero-order chi connectivity index (χ0) is 21.9. The fraction of sp³-hybridized carbons (Fsp3) is 0.360. The molecule has 0 aliphatic carbocycles. The molecule has 160 valence electrons. The quantitative estimate of drug-likeness (QED) is 0.477. The first kappa shape index (κ1) is 23.2. The van der Waals surface area contributed by atoms with E-state index in [1.807, 2.05) is 12.1 Å². The Labute approximate surface area is 178 Å². The van der Waals surface area contributed by atoms with Crippen molar-refractivity contribution in [1.82, 2.24) is 0 Å². The summed E-state index contributed by atoms with van der Waals surface area (Å²) < 4.78 is 5.55. The van der Waals surface area contributed by atoms with Crippen LogP contribution in [0, 0.1) is 5.92 Å². The normalized spacial score (nSPS) is 13.0. The molecule has 0 saturated carbocycles. The molecule has 0 spiro atoms. The highest BCUT2D eigenvalue weighted by molar-refractivity contribution is 6.02. The Morgan fingerprint density at radius 1 is 1.13 bits per heavy atom. The van der Waals surface area contributed by atoms with Gasteiger partial charge in [-0.3, -0.25) is 4.79 Å². The minimum absolute atomic E-state index is 0.306. The van der Waals surface area contributed by atoms with Crippen molar-refractivity contribution < 1.29 is 19.4 Å². The fourth-order valence-electron chi connectivity index (χ4n) is 3.30. The number of aliphatic carboxylic acids is 1. The molecular weight excluding hydrogens is 378 g/mol. The summed E-state index contributed by atoms with van der Waals surface area (Å²) >= 11 is 0. The molecule has 2 aromatic carbocycles.